The number of rotatable bonds is 8. The van der Waals surface area contributed by atoms with Crippen LogP contribution in [0, 0.1) is 0 Å². The van der Waals surface area contributed by atoms with Crippen molar-refractivity contribution in [2.24, 2.45) is 0 Å². The highest BCUT2D eigenvalue weighted by molar-refractivity contribution is 5.75. The molecular weight excluding hydrogens is 164 g/mol. The summed E-state index contributed by atoms with van der Waals surface area (Å²) < 4.78 is 5.54. The molecule has 0 aromatic rings. The third-order valence-electron chi connectivity index (χ3n) is 2.10. The van der Waals surface area contributed by atoms with Crippen LogP contribution in [-0.4, -0.2) is 18.5 Å². The SMILES string of the molecule is CCCCC(CCC(C)=O)OCC. The highest BCUT2D eigenvalue weighted by atomic mass is 16.5. The van der Waals surface area contributed by atoms with Crippen molar-refractivity contribution in [3.8, 4) is 0 Å². The summed E-state index contributed by atoms with van der Waals surface area (Å²) in [6, 6.07) is 0. The largest absolute Gasteiger partial charge is 0.378 e. The van der Waals surface area contributed by atoms with E-state index in [1.807, 2.05) is 6.92 Å². The molecule has 2 nitrogen and oxygen atoms in total. The first-order valence-electron chi connectivity index (χ1n) is 5.31. The predicted octanol–water partition coefficient (Wildman–Crippen LogP) is 2.95. The molecule has 0 N–H and O–H groups in total. The van der Waals surface area contributed by atoms with Crippen LogP contribution in [0.3, 0.4) is 0 Å². The summed E-state index contributed by atoms with van der Waals surface area (Å²) in [4.78, 5) is 10.8. The molecule has 0 aliphatic rings. The van der Waals surface area contributed by atoms with E-state index < -0.39 is 0 Å². The number of carbonyl (C=O) groups is 1. The average Bonchev–Trinajstić information content (AvgIpc) is 2.09. The highest BCUT2D eigenvalue weighted by Crippen LogP contribution is 2.11. The lowest BCUT2D eigenvalue weighted by Crippen LogP contribution is -2.14. The van der Waals surface area contributed by atoms with Crippen molar-refractivity contribution in [2.75, 3.05) is 6.61 Å². The molecule has 0 rings (SSSR count). The van der Waals surface area contributed by atoms with Gasteiger partial charge in [-0.3, -0.25) is 0 Å². The molecular formula is C11H22O2. The van der Waals surface area contributed by atoms with Crippen molar-refractivity contribution < 1.29 is 9.53 Å². The predicted molar refractivity (Wildman–Crippen MR) is 54.9 cm³/mol. The molecule has 13 heavy (non-hydrogen) atoms. The van der Waals surface area contributed by atoms with Gasteiger partial charge in [0.15, 0.2) is 0 Å². The van der Waals surface area contributed by atoms with Gasteiger partial charge < -0.3 is 9.53 Å². The zero-order valence-corrected chi connectivity index (χ0v) is 9.14. The molecule has 0 aromatic heterocycles. The summed E-state index contributed by atoms with van der Waals surface area (Å²) in [6.45, 7) is 6.58. The molecule has 1 unspecified atom stereocenters. The molecule has 0 saturated heterocycles. The average molecular weight is 186 g/mol. The van der Waals surface area contributed by atoms with E-state index in [0.29, 0.717) is 12.5 Å². The maximum Gasteiger partial charge on any atom is 0.129 e. The van der Waals surface area contributed by atoms with Crippen LogP contribution >= 0.6 is 0 Å². The van der Waals surface area contributed by atoms with Crippen LogP contribution in [0.4, 0.5) is 0 Å². The Bertz CT molecular complexity index is 132. The number of carbonyl (C=O) groups excluding carboxylic acids is 1. The molecule has 0 bridgehead atoms. The Kier molecular flexibility index (Phi) is 8.00. The van der Waals surface area contributed by atoms with Crippen molar-refractivity contribution in [1.82, 2.24) is 0 Å². The Hall–Kier alpha value is -0.370. The number of Topliss-reactive ketones (excluding diaryl/α,β-unsaturated/α-hetero) is 1. The molecule has 0 aromatic carbocycles. The monoisotopic (exact) mass is 186 g/mol. The van der Waals surface area contributed by atoms with Gasteiger partial charge in [-0.25, -0.2) is 0 Å². The van der Waals surface area contributed by atoms with E-state index >= 15 is 0 Å². The van der Waals surface area contributed by atoms with E-state index in [9.17, 15) is 4.79 Å². The lowest BCUT2D eigenvalue weighted by atomic mass is 10.1. The molecule has 78 valence electrons. The number of ether oxygens (including phenoxy) is 1. The summed E-state index contributed by atoms with van der Waals surface area (Å²) >= 11 is 0. The molecule has 0 aliphatic heterocycles. The van der Waals surface area contributed by atoms with Gasteiger partial charge in [-0.15, -0.1) is 0 Å². The number of ketones is 1. The van der Waals surface area contributed by atoms with Gasteiger partial charge in [0, 0.05) is 13.0 Å². The summed E-state index contributed by atoms with van der Waals surface area (Å²) in [7, 11) is 0. The smallest absolute Gasteiger partial charge is 0.129 e. The zero-order chi connectivity index (χ0) is 10.1. The molecule has 1 atom stereocenters. The normalized spacial score (nSPS) is 12.8. The van der Waals surface area contributed by atoms with Gasteiger partial charge in [0.2, 0.25) is 0 Å². The van der Waals surface area contributed by atoms with Crippen molar-refractivity contribution in [1.29, 1.82) is 0 Å². The fourth-order valence-electron chi connectivity index (χ4n) is 1.34. The molecule has 0 fully saturated rings. The standard InChI is InChI=1S/C11H22O2/c1-4-6-7-11(13-5-2)9-8-10(3)12/h11H,4-9H2,1-3H3. The van der Waals surface area contributed by atoms with Gasteiger partial charge in [-0.2, -0.15) is 0 Å². The Labute approximate surface area is 81.7 Å². The van der Waals surface area contributed by atoms with Crippen molar-refractivity contribution >= 4 is 5.78 Å². The number of hydrogen-bond donors (Lipinski definition) is 0. The molecule has 0 radical (unpaired) electrons. The molecule has 0 saturated carbocycles. The second-order valence-electron chi connectivity index (χ2n) is 3.46. The Morgan fingerprint density at radius 3 is 2.46 bits per heavy atom. The van der Waals surface area contributed by atoms with E-state index in [1.54, 1.807) is 6.92 Å². The molecule has 0 aliphatic carbocycles. The van der Waals surface area contributed by atoms with Gasteiger partial charge in [-0.1, -0.05) is 19.8 Å². The minimum absolute atomic E-state index is 0.265. The lowest BCUT2D eigenvalue weighted by Gasteiger charge is -2.15. The fourth-order valence-corrected chi connectivity index (χ4v) is 1.34. The van der Waals surface area contributed by atoms with Gasteiger partial charge in [0.05, 0.1) is 6.10 Å². The van der Waals surface area contributed by atoms with Crippen LogP contribution < -0.4 is 0 Å². The van der Waals surface area contributed by atoms with E-state index in [0.717, 1.165) is 19.4 Å². The van der Waals surface area contributed by atoms with E-state index in [4.69, 9.17) is 4.74 Å². The second kappa shape index (κ2) is 8.24. The highest BCUT2D eigenvalue weighted by Gasteiger charge is 2.08. The van der Waals surface area contributed by atoms with E-state index in [2.05, 4.69) is 6.92 Å². The third kappa shape index (κ3) is 7.97. The van der Waals surface area contributed by atoms with Crippen molar-refractivity contribution in [2.45, 2.75) is 59.0 Å². The van der Waals surface area contributed by atoms with Crippen LogP contribution in [0.1, 0.15) is 52.9 Å². The van der Waals surface area contributed by atoms with Crippen molar-refractivity contribution in [3.63, 3.8) is 0 Å². The van der Waals surface area contributed by atoms with E-state index in [-0.39, 0.29) is 5.78 Å². The number of unbranched alkanes of at least 4 members (excludes halogenated alkanes) is 1. The Morgan fingerprint density at radius 2 is 2.00 bits per heavy atom. The summed E-state index contributed by atoms with van der Waals surface area (Å²) in [5.41, 5.74) is 0. The zero-order valence-electron chi connectivity index (χ0n) is 9.14. The topological polar surface area (TPSA) is 26.3 Å². The van der Waals surface area contributed by atoms with Crippen LogP contribution in [0.25, 0.3) is 0 Å². The first-order chi connectivity index (χ1) is 6.20. The van der Waals surface area contributed by atoms with Gasteiger partial charge in [-0.05, 0) is 26.7 Å². The first kappa shape index (κ1) is 12.6. The Morgan fingerprint density at radius 1 is 1.31 bits per heavy atom. The first-order valence-corrected chi connectivity index (χ1v) is 5.31. The molecule has 0 amide bonds. The van der Waals surface area contributed by atoms with E-state index in [1.165, 1.54) is 12.8 Å². The summed E-state index contributed by atoms with van der Waals surface area (Å²) in [5.74, 6) is 0.265. The molecule has 2 heteroatoms. The minimum Gasteiger partial charge on any atom is -0.378 e. The van der Waals surface area contributed by atoms with Crippen LogP contribution in [-0.2, 0) is 9.53 Å². The van der Waals surface area contributed by atoms with Crippen LogP contribution in [0.15, 0.2) is 0 Å². The van der Waals surface area contributed by atoms with Crippen LogP contribution in [0.5, 0.6) is 0 Å². The van der Waals surface area contributed by atoms with Gasteiger partial charge in [0.25, 0.3) is 0 Å². The molecule has 0 spiro atoms. The quantitative estimate of drug-likeness (QED) is 0.582. The maximum atomic E-state index is 10.8. The third-order valence-corrected chi connectivity index (χ3v) is 2.10. The lowest BCUT2D eigenvalue weighted by molar-refractivity contribution is -0.117. The van der Waals surface area contributed by atoms with Crippen molar-refractivity contribution in [3.05, 3.63) is 0 Å². The summed E-state index contributed by atoms with van der Waals surface area (Å²) in [6.07, 6.45) is 5.34. The van der Waals surface area contributed by atoms with Gasteiger partial charge >= 0.3 is 0 Å². The Balaban J connectivity index is 3.59. The van der Waals surface area contributed by atoms with Crippen LogP contribution in [0.2, 0.25) is 0 Å². The summed E-state index contributed by atoms with van der Waals surface area (Å²) in [5, 5.41) is 0. The fraction of sp³-hybridized carbons (Fsp3) is 0.909. The molecule has 0 heterocycles. The number of hydrogen-bond acceptors (Lipinski definition) is 2. The van der Waals surface area contributed by atoms with Gasteiger partial charge in [0.1, 0.15) is 5.78 Å². The maximum absolute atomic E-state index is 10.8. The second-order valence-corrected chi connectivity index (χ2v) is 3.46. The minimum atomic E-state index is 0.265.